The minimum atomic E-state index is -0.0454. The van der Waals surface area contributed by atoms with Gasteiger partial charge in [0.1, 0.15) is 5.82 Å². The van der Waals surface area contributed by atoms with Gasteiger partial charge in [0.2, 0.25) is 0 Å². The number of para-hydroxylation sites is 1. The van der Waals surface area contributed by atoms with Crippen LogP contribution in [0.15, 0.2) is 35.1 Å². The van der Waals surface area contributed by atoms with Crippen molar-refractivity contribution in [3.8, 4) is 5.69 Å². The Hall–Kier alpha value is -1.88. The minimum Gasteiger partial charge on any atom is -0.300 e. The molecule has 0 amide bonds. The summed E-state index contributed by atoms with van der Waals surface area (Å²) in [5.74, 6) is 1.27. The molecular weight excluding hydrogens is 312 g/mol. The molecule has 1 aliphatic carbocycles. The SMILES string of the molecule is Cn1nc(C2CCCN(C3CCCCC3)C2)n(-c2ccccc2)c1=O. The molecule has 2 fully saturated rings. The van der Waals surface area contributed by atoms with Crippen LogP contribution >= 0.6 is 0 Å². The maximum Gasteiger partial charge on any atom is 0.350 e. The van der Waals surface area contributed by atoms with E-state index >= 15 is 0 Å². The van der Waals surface area contributed by atoms with Gasteiger partial charge in [-0.25, -0.2) is 14.0 Å². The lowest BCUT2D eigenvalue weighted by atomic mass is 9.90. The van der Waals surface area contributed by atoms with Crippen LogP contribution in [-0.2, 0) is 7.05 Å². The largest absolute Gasteiger partial charge is 0.350 e. The van der Waals surface area contributed by atoms with E-state index in [1.807, 2.05) is 34.9 Å². The molecule has 1 saturated heterocycles. The highest BCUT2D eigenvalue weighted by atomic mass is 16.2. The second-order valence-electron chi connectivity index (χ2n) is 7.56. The Labute approximate surface area is 149 Å². The summed E-state index contributed by atoms with van der Waals surface area (Å²) in [5, 5.41) is 4.63. The molecule has 2 aliphatic rings. The van der Waals surface area contributed by atoms with Gasteiger partial charge in [0.25, 0.3) is 0 Å². The number of nitrogens with zero attached hydrogens (tertiary/aromatic N) is 4. The first-order chi connectivity index (χ1) is 12.2. The molecule has 2 aromatic rings. The van der Waals surface area contributed by atoms with Crippen molar-refractivity contribution in [1.29, 1.82) is 0 Å². The molecule has 25 heavy (non-hydrogen) atoms. The predicted molar refractivity (Wildman–Crippen MR) is 99.2 cm³/mol. The molecule has 1 unspecified atom stereocenters. The van der Waals surface area contributed by atoms with Crippen LogP contribution in [0.2, 0.25) is 0 Å². The zero-order valence-corrected chi connectivity index (χ0v) is 15.1. The third-order valence-electron chi connectivity index (χ3n) is 5.87. The molecule has 2 heterocycles. The summed E-state index contributed by atoms with van der Waals surface area (Å²) in [6.07, 6.45) is 9.10. The summed E-state index contributed by atoms with van der Waals surface area (Å²) < 4.78 is 3.30. The molecule has 1 aliphatic heterocycles. The first-order valence-corrected chi connectivity index (χ1v) is 9.69. The van der Waals surface area contributed by atoms with Crippen LogP contribution in [0.4, 0.5) is 0 Å². The molecule has 0 spiro atoms. The maximum absolute atomic E-state index is 12.7. The number of hydrogen-bond acceptors (Lipinski definition) is 3. The Morgan fingerprint density at radius 2 is 1.76 bits per heavy atom. The van der Waals surface area contributed by atoms with Crippen molar-refractivity contribution in [1.82, 2.24) is 19.2 Å². The van der Waals surface area contributed by atoms with Crippen LogP contribution in [0, 0.1) is 0 Å². The number of rotatable bonds is 3. The van der Waals surface area contributed by atoms with Crippen LogP contribution in [0.25, 0.3) is 5.69 Å². The quantitative estimate of drug-likeness (QED) is 0.862. The summed E-state index contributed by atoms with van der Waals surface area (Å²) >= 11 is 0. The van der Waals surface area contributed by atoms with Crippen LogP contribution in [0.3, 0.4) is 0 Å². The van der Waals surface area contributed by atoms with E-state index in [0.717, 1.165) is 30.5 Å². The first kappa shape index (κ1) is 16.6. The van der Waals surface area contributed by atoms with Gasteiger partial charge >= 0.3 is 5.69 Å². The maximum atomic E-state index is 12.7. The summed E-state index contributed by atoms with van der Waals surface area (Å²) in [4.78, 5) is 15.3. The highest BCUT2D eigenvalue weighted by Crippen LogP contribution is 2.31. The van der Waals surface area contributed by atoms with Crippen LogP contribution in [0.5, 0.6) is 0 Å². The summed E-state index contributed by atoms with van der Waals surface area (Å²) in [6, 6.07) is 10.7. The fourth-order valence-electron chi connectivity index (χ4n) is 4.56. The topological polar surface area (TPSA) is 43.1 Å². The fourth-order valence-corrected chi connectivity index (χ4v) is 4.56. The number of hydrogen-bond donors (Lipinski definition) is 0. The molecule has 0 radical (unpaired) electrons. The zero-order valence-electron chi connectivity index (χ0n) is 15.1. The van der Waals surface area contributed by atoms with Gasteiger partial charge in [-0.05, 0) is 44.4 Å². The van der Waals surface area contributed by atoms with Gasteiger partial charge in [0.15, 0.2) is 0 Å². The van der Waals surface area contributed by atoms with Crippen molar-refractivity contribution >= 4 is 0 Å². The molecule has 134 valence electrons. The van der Waals surface area contributed by atoms with Crippen molar-refractivity contribution in [2.75, 3.05) is 13.1 Å². The lowest BCUT2D eigenvalue weighted by Gasteiger charge is -2.39. The third-order valence-corrected chi connectivity index (χ3v) is 5.87. The zero-order chi connectivity index (χ0) is 17.2. The number of likely N-dealkylation sites (tertiary alicyclic amines) is 1. The summed E-state index contributed by atoms with van der Waals surface area (Å²) in [6.45, 7) is 2.23. The summed E-state index contributed by atoms with van der Waals surface area (Å²) in [5.41, 5.74) is 0.876. The van der Waals surface area contributed by atoms with Gasteiger partial charge in [-0.1, -0.05) is 37.5 Å². The Morgan fingerprint density at radius 1 is 1.00 bits per heavy atom. The Kier molecular flexibility index (Phi) is 4.75. The third kappa shape index (κ3) is 3.30. The highest BCUT2D eigenvalue weighted by molar-refractivity contribution is 5.33. The number of aryl methyl sites for hydroxylation is 1. The average Bonchev–Trinajstić information content (AvgIpc) is 2.98. The Bertz CT molecular complexity index is 758. The molecule has 1 aromatic heterocycles. The van der Waals surface area contributed by atoms with E-state index in [9.17, 15) is 4.79 Å². The molecule has 1 saturated carbocycles. The number of benzene rings is 1. The summed E-state index contributed by atoms with van der Waals surface area (Å²) in [7, 11) is 1.76. The van der Waals surface area contributed by atoms with Gasteiger partial charge < -0.3 is 0 Å². The molecule has 0 N–H and O–H groups in total. The van der Waals surface area contributed by atoms with Crippen molar-refractivity contribution in [2.24, 2.45) is 7.05 Å². The molecule has 4 rings (SSSR count). The molecular formula is C20H28N4O. The van der Waals surface area contributed by atoms with E-state index in [1.165, 1.54) is 49.8 Å². The molecule has 5 nitrogen and oxygen atoms in total. The lowest BCUT2D eigenvalue weighted by Crippen LogP contribution is -2.43. The predicted octanol–water partition coefficient (Wildman–Crippen LogP) is 3.08. The normalized spacial score (nSPS) is 23.0. The monoisotopic (exact) mass is 340 g/mol. The molecule has 5 heteroatoms. The molecule has 1 aromatic carbocycles. The second kappa shape index (κ2) is 7.16. The standard InChI is InChI=1S/C20H28N4O/c1-22-20(25)24(18-12-6-3-7-13-18)19(21-22)16-9-8-14-23(15-16)17-10-4-2-5-11-17/h3,6-7,12-13,16-17H,2,4-5,8-11,14-15H2,1H3. The van der Waals surface area contributed by atoms with Crippen LogP contribution in [0.1, 0.15) is 56.7 Å². The number of piperidine rings is 1. The van der Waals surface area contributed by atoms with E-state index in [-0.39, 0.29) is 5.69 Å². The number of aromatic nitrogens is 3. The van der Waals surface area contributed by atoms with Crippen LogP contribution in [-0.4, -0.2) is 38.4 Å². The lowest BCUT2D eigenvalue weighted by molar-refractivity contribution is 0.116. The second-order valence-corrected chi connectivity index (χ2v) is 7.56. The Balaban J connectivity index is 1.63. The molecule has 1 atom stereocenters. The van der Waals surface area contributed by atoms with Gasteiger partial charge in [-0.15, -0.1) is 0 Å². The van der Waals surface area contributed by atoms with E-state index in [0.29, 0.717) is 5.92 Å². The smallest absolute Gasteiger partial charge is 0.300 e. The van der Waals surface area contributed by atoms with Crippen molar-refractivity contribution in [2.45, 2.75) is 56.9 Å². The van der Waals surface area contributed by atoms with Gasteiger partial charge in [-0.3, -0.25) is 4.90 Å². The Morgan fingerprint density at radius 3 is 2.52 bits per heavy atom. The van der Waals surface area contributed by atoms with E-state index in [4.69, 9.17) is 0 Å². The fraction of sp³-hybridized carbons (Fsp3) is 0.600. The van der Waals surface area contributed by atoms with E-state index in [2.05, 4.69) is 10.00 Å². The van der Waals surface area contributed by atoms with E-state index in [1.54, 1.807) is 7.05 Å². The highest BCUT2D eigenvalue weighted by Gasteiger charge is 2.31. The minimum absolute atomic E-state index is 0.0454. The van der Waals surface area contributed by atoms with Gasteiger partial charge in [0.05, 0.1) is 5.69 Å². The van der Waals surface area contributed by atoms with E-state index < -0.39 is 0 Å². The van der Waals surface area contributed by atoms with Crippen molar-refractivity contribution in [3.05, 3.63) is 46.6 Å². The van der Waals surface area contributed by atoms with Gasteiger partial charge in [-0.2, -0.15) is 5.10 Å². The average molecular weight is 340 g/mol. The van der Waals surface area contributed by atoms with Crippen molar-refractivity contribution in [3.63, 3.8) is 0 Å². The van der Waals surface area contributed by atoms with Crippen molar-refractivity contribution < 1.29 is 0 Å². The first-order valence-electron chi connectivity index (χ1n) is 9.69. The van der Waals surface area contributed by atoms with Gasteiger partial charge in [0, 0.05) is 25.6 Å². The van der Waals surface area contributed by atoms with Crippen LogP contribution < -0.4 is 5.69 Å². The molecule has 0 bridgehead atoms.